The highest BCUT2D eigenvalue weighted by Gasteiger charge is 2.12. The van der Waals surface area contributed by atoms with Gasteiger partial charge in [0, 0.05) is 5.56 Å². The quantitative estimate of drug-likeness (QED) is 0.523. The summed E-state index contributed by atoms with van der Waals surface area (Å²) in [7, 11) is 0. The van der Waals surface area contributed by atoms with Crippen molar-refractivity contribution < 1.29 is 9.59 Å². The third-order valence-corrected chi connectivity index (χ3v) is 4.32. The largest absolute Gasteiger partial charge is 0.272 e. The number of nitrogens with one attached hydrogen (secondary N) is 2. The van der Waals surface area contributed by atoms with Gasteiger partial charge in [-0.2, -0.15) is 4.68 Å². The predicted octanol–water partition coefficient (Wildman–Crippen LogP) is 1.52. The first-order chi connectivity index (χ1) is 12.6. The molecule has 3 rings (SSSR count). The van der Waals surface area contributed by atoms with Crippen LogP contribution < -0.4 is 10.9 Å². The van der Waals surface area contributed by atoms with Gasteiger partial charge >= 0.3 is 0 Å². The van der Waals surface area contributed by atoms with Crippen molar-refractivity contribution >= 4 is 23.6 Å². The molecule has 3 aromatic rings. The van der Waals surface area contributed by atoms with E-state index in [0.29, 0.717) is 10.7 Å². The molecule has 0 saturated carbocycles. The lowest BCUT2D eigenvalue weighted by atomic mass is 10.1. The van der Waals surface area contributed by atoms with E-state index in [1.807, 2.05) is 49.4 Å². The zero-order valence-corrected chi connectivity index (χ0v) is 14.7. The number of para-hydroxylation sites is 1. The van der Waals surface area contributed by atoms with Crippen molar-refractivity contribution in [2.75, 3.05) is 5.75 Å². The summed E-state index contributed by atoms with van der Waals surface area (Å²) in [5.41, 5.74) is 7.09. The molecular weight excluding hydrogens is 352 g/mol. The van der Waals surface area contributed by atoms with Crippen LogP contribution in [0.15, 0.2) is 59.8 Å². The number of hydrazine groups is 1. The number of rotatable bonds is 5. The highest BCUT2D eigenvalue weighted by Crippen LogP contribution is 2.17. The van der Waals surface area contributed by atoms with Gasteiger partial charge in [0.05, 0.1) is 11.4 Å². The summed E-state index contributed by atoms with van der Waals surface area (Å²) in [4.78, 5) is 23.9. The first-order valence-corrected chi connectivity index (χ1v) is 8.74. The molecule has 0 spiro atoms. The van der Waals surface area contributed by atoms with Gasteiger partial charge in [-0.3, -0.25) is 20.4 Å². The van der Waals surface area contributed by atoms with Crippen LogP contribution in [0.4, 0.5) is 0 Å². The van der Waals surface area contributed by atoms with E-state index in [1.165, 1.54) is 11.8 Å². The van der Waals surface area contributed by atoms with Crippen LogP contribution in [0.5, 0.6) is 0 Å². The molecule has 0 atom stereocenters. The molecule has 1 heterocycles. The minimum Gasteiger partial charge on any atom is -0.272 e. The zero-order valence-electron chi connectivity index (χ0n) is 13.9. The molecular formula is C17H16N6O2S. The van der Waals surface area contributed by atoms with Gasteiger partial charge in [-0.1, -0.05) is 47.7 Å². The molecule has 0 aliphatic carbocycles. The van der Waals surface area contributed by atoms with Crippen LogP contribution in [0.3, 0.4) is 0 Å². The molecule has 0 fully saturated rings. The second-order valence-electron chi connectivity index (χ2n) is 5.37. The SMILES string of the molecule is Cc1ccc(C(=O)NNC(=O)CSc2nnnn2-c2ccccc2)cc1. The summed E-state index contributed by atoms with van der Waals surface area (Å²) in [6.45, 7) is 1.93. The molecule has 0 saturated heterocycles. The smallest absolute Gasteiger partial charge is 0.269 e. The van der Waals surface area contributed by atoms with Gasteiger partial charge in [-0.15, -0.1) is 5.10 Å². The van der Waals surface area contributed by atoms with Gasteiger partial charge < -0.3 is 0 Å². The third kappa shape index (κ3) is 4.45. The van der Waals surface area contributed by atoms with Crippen molar-refractivity contribution in [2.45, 2.75) is 12.1 Å². The molecule has 0 aliphatic rings. The lowest BCUT2D eigenvalue weighted by Crippen LogP contribution is -2.42. The summed E-state index contributed by atoms with van der Waals surface area (Å²) in [5.74, 6) is -0.683. The lowest BCUT2D eigenvalue weighted by Gasteiger charge is -2.07. The molecule has 0 radical (unpaired) electrons. The van der Waals surface area contributed by atoms with E-state index in [9.17, 15) is 9.59 Å². The van der Waals surface area contributed by atoms with E-state index in [1.54, 1.807) is 16.8 Å². The van der Waals surface area contributed by atoms with Gasteiger partial charge in [0.15, 0.2) is 0 Å². The summed E-state index contributed by atoms with van der Waals surface area (Å²) in [6.07, 6.45) is 0. The van der Waals surface area contributed by atoms with Crippen LogP contribution in [-0.2, 0) is 4.79 Å². The van der Waals surface area contributed by atoms with E-state index in [0.717, 1.165) is 11.3 Å². The van der Waals surface area contributed by atoms with Crippen LogP contribution in [-0.4, -0.2) is 37.8 Å². The fourth-order valence-electron chi connectivity index (χ4n) is 2.07. The Balaban J connectivity index is 1.51. The number of hydrogen-bond acceptors (Lipinski definition) is 6. The minimum absolute atomic E-state index is 0.0569. The summed E-state index contributed by atoms with van der Waals surface area (Å²) < 4.78 is 1.54. The van der Waals surface area contributed by atoms with Crippen molar-refractivity contribution in [2.24, 2.45) is 0 Å². The van der Waals surface area contributed by atoms with Crippen molar-refractivity contribution in [3.05, 3.63) is 65.7 Å². The molecule has 132 valence electrons. The first-order valence-electron chi connectivity index (χ1n) is 7.76. The maximum Gasteiger partial charge on any atom is 0.269 e. The molecule has 0 aliphatic heterocycles. The van der Waals surface area contributed by atoms with Crippen LogP contribution in [0.1, 0.15) is 15.9 Å². The second-order valence-corrected chi connectivity index (χ2v) is 6.31. The third-order valence-electron chi connectivity index (χ3n) is 3.40. The fourth-order valence-corrected chi connectivity index (χ4v) is 2.76. The van der Waals surface area contributed by atoms with Gasteiger partial charge in [0.1, 0.15) is 0 Å². The predicted molar refractivity (Wildman–Crippen MR) is 96.7 cm³/mol. The molecule has 8 nitrogen and oxygen atoms in total. The van der Waals surface area contributed by atoms with E-state index < -0.39 is 0 Å². The number of amides is 2. The molecule has 1 aromatic heterocycles. The van der Waals surface area contributed by atoms with E-state index in [4.69, 9.17) is 0 Å². The van der Waals surface area contributed by atoms with Crippen molar-refractivity contribution in [3.63, 3.8) is 0 Å². The number of benzene rings is 2. The summed E-state index contributed by atoms with van der Waals surface area (Å²) in [6, 6.07) is 16.4. The summed E-state index contributed by atoms with van der Waals surface area (Å²) >= 11 is 1.17. The van der Waals surface area contributed by atoms with E-state index in [-0.39, 0.29) is 17.6 Å². The van der Waals surface area contributed by atoms with Gasteiger partial charge in [-0.25, -0.2) is 0 Å². The van der Waals surface area contributed by atoms with Crippen molar-refractivity contribution in [3.8, 4) is 5.69 Å². The Morgan fingerprint density at radius 1 is 1.04 bits per heavy atom. The Morgan fingerprint density at radius 3 is 2.50 bits per heavy atom. The topological polar surface area (TPSA) is 102 Å². The Labute approximate surface area is 154 Å². The fraction of sp³-hybridized carbons (Fsp3) is 0.118. The lowest BCUT2D eigenvalue weighted by molar-refractivity contribution is -0.119. The maximum absolute atomic E-state index is 12.0. The highest BCUT2D eigenvalue weighted by atomic mass is 32.2. The Morgan fingerprint density at radius 2 is 1.77 bits per heavy atom. The molecule has 9 heteroatoms. The number of aromatic nitrogens is 4. The molecule has 2 aromatic carbocycles. The Bertz CT molecular complexity index is 895. The number of tetrazole rings is 1. The first kappa shape index (κ1) is 17.6. The number of nitrogens with zero attached hydrogens (tertiary/aromatic N) is 4. The number of carbonyl (C=O) groups is 2. The molecule has 0 unspecified atom stereocenters. The van der Waals surface area contributed by atoms with Crippen molar-refractivity contribution in [1.82, 2.24) is 31.1 Å². The standard InChI is InChI=1S/C17H16N6O2S/c1-12-7-9-13(10-8-12)16(25)19-18-15(24)11-26-17-20-21-22-23(17)14-5-3-2-4-6-14/h2-10H,11H2,1H3,(H,18,24)(H,19,25). The van der Waals surface area contributed by atoms with Crippen LogP contribution in [0.25, 0.3) is 5.69 Å². The molecule has 0 bridgehead atoms. The van der Waals surface area contributed by atoms with E-state index in [2.05, 4.69) is 26.4 Å². The van der Waals surface area contributed by atoms with Gasteiger partial charge in [-0.05, 0) is 41.6 Å². The Hall–Kier alpha value is -3.20. The monoisotopic (exact) mass is 368 g/mol. The maximum atomic E-state index is 12.0. The number of thioether (sulfide) groups is 1. The van der Waals surface area contributed by atoms with Crippen LogP contribution in [0, 0.1) is 6.92 Å². The van der Waals surface area contributed by atoms with E-state index >= 15 is 0 Å². The molecule has 2 amide bonds. The molecule has 2 N–H and O–H groups in total. The summed E-state index contributed by atoms with van der Waals surface area (Å²) in [5, 5.41) is 12.0. The van der Waals surface area contributed by atoms with Gasteiger partial charge in [0.2, 0.25) is 11.1 Å². The highest BCUT2D eigenvalue weighted by molar-refractivity contribution is 7.99. The van der Waals surface area contributed by atoms with Crippen molar-refractivity contribution in [1.29, 1.82) is 0 Å². The second kappa shape index (κ2) is 8.26. The number of hydrogen-bond donors (Lipinski definition) is 2. The zero-order chi connectivity index (χ0) is 18.4. The average Bonchev–Trinajstić information content (AvgIpc) is 3.14. The average molecular weight is 368 g/mol. The molecule has 26 heavy (non-hydrogen) atoms. The van der Waals surface area contributed by atoms with Gasteiger partial charge in [0.25, 0.3) is 5.91 Å². The Kier molecular flexibility index (Phi) is 5.59. The number of aryl methyl sites for hydroxylation is 1. The minimum atomic E-state index is -0.377. The van der Waals surface area contributed by atoms with Crippen LogP contribution in [0.2, 0.25) is 0 Å². The normalized spacial score (nSPS) is 10.3. The number of carbonyl (C=O) groups excluding carboxylic acids is 2. The van der Waals surface area contributed by atoms with Crippen LogP contribution >= 0.6 is 11.8 Å².